The highest BCUT2D eigenvalue weighted by Crippen LogP contribution is 2.26. The molecule has 0 amide bonds. The third kappa shape index (κ3) is 2.81. The lowest BCUT2D eigenvalue weighted by molar-refractivity contribution is 0.423. The maximum absolute atomic E-state index is 12.5. The van der Waals surface area contributed by atoms with Crippen LogP contribution in [0.3, 0.4) is 0 Å². The Balaban J connectivity index is 1.24. The van der Waals surface area contributed by atoms with Gasteiger partial charge in [-0.1, -0.05) is 0 Å². The van der Waals surface area contributed by atoms with Crippen LogP contribution >= 0.6 is 0 Å². The van der Waals surface area contributed by atoms with Gasteiger partial charge in [0.15, 0.2) is 11.5 Å². The van der Waals surface area contributed by atoms with Crippen LogP contribution in [-0.2, 0) is 26.9 Å². The minimum absolute atomic E-state index is 0.0832. The Morgan fingerprint density at radius 1 is 1.18 bits per heavy atom. The smallest absolute Gasteiger partial charge is 0.265 e. The standard InChI is InChI=1S/C19H24N8O/c1-25-18(28)14-9-21-26(2)17(14)22-19(25)20-8-12-10-27(11-12)16-7-13-5-3-4-6-15(13)23-24-16/h7,9,12H,3-6,8,10-11H2,1-2H3,(H,20,22). The molecule has 0 saturated carbocycles. The van der Waals surface area contributed by atoms with Crippen molar-refractivity contribution in [3.63, 3.8) is 0 Å². The summed E-state index contributed by atoms with van der Waals surface area (Å²) in [6, 6.07) is 2.22. The summed E-state index contributed by atoms with van der Waals surface area (Å²) in [5.41, 5.74) is 3.05. The average Bonchev–Trinajstić information content (AvgIpc) is 3.05. The minimum atomic E-state index is -0.0832. The van der Waals surface area contributed by atoms with E-state index in [9.17, 15) is 4.79 Å². The summed E-state index contributed by atoms with van der Waals surface area (Å²) < 4.78 is 3.18. The van der Waals surface area contributed by atoms with Gasteiger partial charge in [0.25, 0.3) is 5.56 Å². The molecule has 146 valence electrons. The molecule has 1 aliphatic heterocycles. The first-order valence-electron chi connectivity index (χ1n) is 9.83. The van der Waals surface area contributed by atoms with Crippen LogP contribution in [0.15, 0.2) is 17.1 Å². The topological polar surface area (TPSA) is 93.8 Å². The molecule has 28 heavy (non-hydrogen) atoms. The maximum atomic E-state index is 12.5. The second kappa shape index (κ2) is 6.57. The monoisotopic (exact) mass is 380 g/mol. The zero-order valence-corrected chi connectivity index (χ0v) is 16.2. The Hall–Kier alpha value is -2.97. The molecule has 0 unspecified atom stereocenters. The largest absolute Gasteiger partial charge is 0.355 e. The molecule has 1 N–H and O–H groups in total. The number of aryl methyl sites for hydroxylation is 3. The van der Waals surface area contributed by atoms with Crippen molar-refractivity contribution in [2.24, 2.45) is 20.0 Å². The number of hydrogen-bond acceptors (Lipinski definition) is 7. The molecule has 0 spiro atoms. The van der Waals surface area contributed by atoms with Gasteiger partial charge in [-0.25, -0.2) is 0 Å². The minimum Gasteiger partial charge on any atom is -0.355 e. The highest BCUT2D eigenvalue weighted by molar-refractivity contribution is 5.74. The number of aromatic nitrogens is 6. The third-order valence-corrected chi connectivity index (χ3v) is 5.86. The van der Waals surface area contributed by atoms with E-state index in [4.69, 9.17) is 0 Å². The molecule has 1 saturated heterocycles. The van der Waals surface area contributed by atoms with Gasteiger partial charge in [0.05, 0.1) is 11.9 Å². The van der Waals surface area contributed by atoms with Crippen LogP contribution < -0.4 is 15.8 Å². The van der Waals surface area contributed by atoms with Crippen molar-refractivity contribution >= 4 is 22.8 Å². The first kappa shape index (κ1) is 17.2. The van der Waals surface area contributed by atoms with Crippen molar-refractivity contribution in [1.82, 2.24) is 29.5 Å². The highest BCUT2D eigenvalue weighted by Gasteiger charge is 2.29. The molecule has 1 aliphatic carbocycles. The van der Waals surface area contributed by atoms with Crippen molar-refractivity contribution in [2.75, 3.05) is 29.9 Å². The lowest BCUT2D eigenvalue weighted by Crippen LogP contribution is -2.50. The summed E-state index contributed by atoms with van der Waals surface area (Å²) in [5.74, 6) is 2.05. The first-order valence-corrected chi connectivity index (χ1v) is 9.83. The molecule has 0 atom stereocenters. The van der Waals surface area contributed by atoms with E-state index < -0.39 is 0 Å². The summed E-state index contributed by atoms with van der Waals surface area (Å²) >= 11 is 0. The number of anilines is 2. The van der Waals surface area contributed by atoms with Crippen LogP contribution in [0.25, 0.3) is 11.0 Å². The molecule has 0 aromatic carbocycles. The summed E-state index contributed by atoms with van der Waals surface area (Å²) in [6.45, 7) is 2.63. The molecule has 0 radical (unpaired) electrons. The molecule has 0 bridgehead atoms. The van der Waals surface area contributed by atoms with Crippen LogP contribution in [0, 0.1) is 5.92 Å². The SMILES string of the molecule is Cn1c(NCC2CN(c3cc4c(nn3)CCCC4)C2)nc2c(cnn2C)c1=O. The van der Waals surface area contributed by atoms with Crippen molar-refractivity contribution in [3.05, 3.63) is 33.9 Å². The fourth-order valence-electron chi connectivity index (χ4n) is 4.08. The molecule has 3 aromatic rings. The number of nitrogens with one attached hydrogen (secondary N) is 1. The van der Waals surface area contributed by atoms with E-state index in [0.29, 0.717) is 22.9 Å². The predicted molar refractivity (Wildman–Crippen MR) is 107 cm³/mol. The quantitative estimate of drug-likeness (QED) is 0.718. The lowest BCUT2D eigenvalue weighted by Gasteiger charge is -2.40. The summed E-state index contributed by atoms with van der Waals surface area (Å²) in [5, 5.41) is 16.9. The molecule has 4 heterocycles. The third-order valence-electron chi connectivity index (χ3n) is 5.86. The molecule has 9 heteroatoms. The number of fused-ring (bicyclic) bond motifs is 2. The van der Waals surface area contributed by atoms with Crippen LogP contribution in [0.2, 0.25) is 0 Å². The highest BCUT2D eigenvalue weighted by atomic mass is 16.1. The van der Waals surface area contributed by atoms with E-state index >= 15 is 0 Å². The van der Waals surface area contributed by atoms with Crippen LogP contribution in [0.1, 0.15) is 24.1 Å². The summed E-state index contributed by atoms with van der Waals surface area (Å²) in [6.07, 6.45) is 6.21. The molecule has 2 aliphatic rings. The van der Waals surface area contributed by atoms with E-state index in [0.717, 1.165) is 38.3 Å². The van der Waals surface area contributed by atoms with Gasteiger partial charge in [-0.2, -0.15) is 15.2 Å². The Labute approximate surface area is 162 Å². The van der Waals surface area contributed by atoms with E-state index in [1.54, 1.807) is 29.5 Å². The predicted octanol–water partition coefficient (Wildman–Crippen LogP) is 0.884. The van der Waals surface area contributed by atoms with E-state index in [-0.39, 0.29) is 5.56 Å². The van der Waals surface area contributed by atoms with E-state index in [2.05, 4.69) is 36.6 Å². The summed E-state index contributed by atoms with van der Waals surface area (Å²) in [7, 11) is 3.53. The van der Waals surface area contributed by atoms with E-state index in [1.165, 1.54) is 24.1 Å². The Morgan fingerprint density at radius 3 is 2.86 bits per heavy atom. The maximum Gasteiger partial charge on any atom is 0.265 e. The van der Waals surface area contributed by atoms with Gasteiger partial charge in [0.2, 0.25) is 5.95 Å². The fraction of sp³-hybridized carbons (Fsp3) is 0.526. The van der Waals surface area contributed by atoms with Gasteiger partial charge in [-0.3, -0.25) is 14.0 Å². The number of nitrogens with zero attached hydrogens (tertiary/aromatic N) is 7. The zero-order chi connectivity index (χ0) is 19.3. The Morgan fingerprint density at radius 2 is 2.00 bits per heavy atom. The molecular formula is C19H24N8O. The average molecular weight is 380 g/mol. The fourth-order valence-corrected chi connectivity index (χ4v) is 4.08. The van der Waals surface area contributed by atoms with Crippen LogP contribution in [0.4, 0.5) is 11.8 Å². The molecule has 1 fully saturated rings. The Kier molecular flexibility index (Phi) is 4.03. The van der Waals surface area contributed by atoms with Gasteiger partial charge in [-0.15, -0.1) is 5.10 Å². The normalized spacial score (nSPS) is 16.9. The van der Waals surface area contributed by atoms with Crippen molar-refractivity contribution in [3.8, 4) is 0 Å². The van der Waals surface area contributed by atoms with Crippen LogP contribution in [-0.4, -0.2) is 49.2 Å². The molecule has 3 aromatic heterocycles. The van der Waals surface area contributed by atoms with Gasteiger partial charge in [-0.05, 0) is 37.3 Å². The molecule has 5 rings (SSSR count). The van der Waals surface area contributed by atoms with Crippen molar-refractivity contribution < 1.29 is 0 Å². The molecule has 9 nitrogen and oxygen atoms in total. The van der Waals surface area contributed by atoms with Gasteiger partial charge in [0, 0.05) is 39.6 Å². The van der Waals surface area contributed by atoms with Crippen LogP contribution in [0.5, 0.6) is 0 Å². The Bertz CT molecular complexity index is 1100. The van der Waals surface area contributed by atoms with Gasteiger partial charge < -0.3 is 10.2 Å². The van der Waals surface area contributed by atoms with E-state index in [1.807, 2.05) is 0 Å². The van der Waals surface area contributed by atoms with Crippen molar-refractivity contribution in [1.29, 1.82) is 0 Å². The second-order valence-corrected chi connectivity index (χ2v) is 7.84. The van der Waals surface area contributed by atoms with Gasteiger partial charge >= 0.3 is 0 Å². The van der Waals surface area contributed by atoms with Gasteiger partial charge in [0.1, 0.15) is 5.39 Å². The first-order chi connectivity index (χ1) is 13.6. The second-order valence-electron chi connectivity index (χ2n) is 7.84. The molecular weight excluding hydrogens is 356 g/mol. The summed E-state index contributed by atoms with van der Waals surface area (Å²) in [4.78, 5) is 19.3. The number of rotatable bonds is 4. The number of hydrogen-bond donors (Lipinski definition) is 1. The zero-order valence-electron chi connectivity index (χ0n) is 16.2. The lowest BCUT2D eigenvalue weighted by atomic mass is 9.95. The van der Waals surface area contributed by atoms with Crippen molar-refractivity contribution in [2.45, 2.75) is 25.7 Å².